The van der Waals surface area contributed by atoms with E-state index in [9.17, 15) is 8.42 Å². The van der Waals surface area contributed by atoms with Crippen LogP contribution < -0.4 is 10.1 Å². The van der Waals surface area contributed by atoms with Crippen LogP contribution in [0.5, 0.6) is 5.75 Å². The van der Waals surface area contributed by atoms with Crippen molar-refractivity contribution in [2.45, 2.75) is 56.5 Å². The van der Waals surface area contributed by atoms with Gasteiger partial charge in [0.1, 0.15) is 5.75 Å². The molecule has 0 radical (unpaired) electrons. The van der Waals surface area contributed by atoms with E-state index < -0.39 is 10.0 Å². The van der Waals surface area contributed by atoms with Crippen LogP contribution in [-0.4, -0.2) is 31.1 Å². The average molecular weight is 465 g/mol. The summed E-state index contributed by atoms with van der Waals surface area (Å²) in [6.07, 6.45) is 7.35. The highest BCUT2D eigenvalue weighted by atomic mass is 32.2. The fraction of sp³-hybridized carbons (Fsp3) is 0.407. The number of ether oxygens (including phenoxy) is 1. The first-order chi connectivity index (χ1) is 15.7. The lowest BCUT2D eigenvalue weighted by molar-refractivity contribution is 0.109. The molecule has 1 aliphatic heterocycles. The number of benzene rings is 2. The Morgan fingerprint density at radius 1 is 1.12 bits per heavy atom. The Kier molecular flexibility index (Phi) is 5.41. The van der Waals surface area contributed by atoms with Crippen LogP contribution in [0.3, 0.4) is 0 Å². The molecular weight excluding hydrogens is 432 g/mol. The maximum absolute atomic E-state index is 13.6. The first kappa shape index (κ1) is 22.2. The van der Waals surface area contributed by atoms with E-state index in [2.05, 4.69) is 32.2 Å². The van der Waals surface area contributed by atoms with Gasteiger partial charge in [-0.2, -0.15) is 0 Å². The number of rotatable bonds is 5. The van der Waals surface area contributed by atoms with Gasteiger partial charge in [-0.1, -0.05) is 29.8 Å². The minimum absolute atomic E-state index is 0.0614. The van der Waals surface area contributed by atoms with Crippen LogP contribution in [0.4, 0.5) is 0 Å². The molecule has 1 fully saturated rings. The van der Waals surface area contributed by atoms with Crippen molar-refractivity contribution in [1.29, 1.82) is 0 Å². The Hall–Kier alpha value is -2.57. The van der Waals surface area contributed by atoms with Crippen molar-refractivity contribution in [2.24, 2.45) is 11.8 Å². The molecular formula is C27H32N2O3S. The highest BCUT2D eigenvalue weighted by Gasteiger charge is 2.43. The predicted octanol–water partition coefficient (Wildman–Crippen LogP) is 5.15. The van der Waals surface area contributed by atoms with Crippen LogP contribution in [0, 0.1) is 11.8 Å². The normalized spacial score (nSPS) is 24.5. The Morgan fingerprint density at radius 2 is 1.85 bits per heavy atom. The van der Waals surface area contributed by atoms with Gasteiger partial charge in [-0.3, -0.25) is 0 Å². The largest absolute Gasteiger partial charge is 0.497 e. The van der Waals surface area contributed by atoms with Gasteiger partial charge in [0.15, 0.2) is 0 Å². The van der Waals surface area contributed by atoms with Gasteiger partial charge in [0.05, 0.1) is 17.5 Å². The fourth-order valence-electron chi connectivity index (χ4n) is 5.71. The van der Waals surface area contributed by atoms with Crippen LogP contribution in [0.15, 0.2) is 71.3 Å². The smallest absolute Gasteiger partial charge is 0.268 e. The molecule has 5 nitrogen and oxygen atoms in total. The van der Waals surface area contributed by atoms with E-state index >= 15 is 0 Å². The summed E-state index contributed by atoms with van der Waals surface area (Å²) in [6.45, 7) is 6.84. The topological polar surface area (TPSA) is 60.3 Å². The van der Waals surface area contributed by atoms with Crippen molar-refractivity contribution in [1.82, 2.24) is 9.29 Å². The highest BCUT2D eigenvalue weighted by molar-refractivity contribution is 7.90. The standard InChI is InChI=1S/C27H32N2O3S/c1-18-9-10-20-16-24(18)25(28-27(20,2)3)15-19-17-29(26-8-6-5-7-23(19)26)33(30,31)22-13-11-21(32-4)12-14-22/h5-9,11-14,17,20,24-25,28H,10,15-16H2,1-4H3/t20-,24?,25?/m1/s1. The Morgan fingerprint density at radius 3 is 2.58 bits per heavy atom. The van der Waals surface area contributed by atoms with E-state index in [1.54, 1.807) is 31.4 Å². The summed E-state index contributed by atoms with van der Waals surface area (Å²) in [6, 6.07) is 14.6. The number of allylic oxidation sites excluding steroid dienone is 1. The van der Waals surface area contributed by atoms with Crippen LogP contribution in [-0.2, 0) is 16.4 Å². The zero-order valence-electron chi connectivity index (χ0n) is 19.7. The summed E-state index contributed by atoms with van der Waals surface area (Å²) in [5.41, 5.74) is 3.29. The minimum Gasteiger partial charge on any atom is -0.497 e. The van der Waals surface area contributed by atoms with Crippen molar-refractivity contribution >= 4 is 20.9 Å². The number of methoxy groups -OCH3 is 1. The zero-order valence-corrected chi connectivity index (χ0v) is 20.5. The van der Waals surface area contributed by atoms with E-state index in [0.29, 0.717) is 23.1 Å². The quantitative estimate of drug-likeness (QED) is 0.531. The molecule has 6 heteroatoms. The number of hydrogen-bond donors (Lipinski definition) is 1. The Labute approximate surface area is 196 Å². The SMILES string of the molecule is COc1ccc(S(=O)(=O)n2cc(CC3NC(C)(C)[C@@H]4CC=C(C)C3C4)c3ccccc32)cc1. The first-order valence-corrected chi connectivity index (χ1v) is 13.1. The highest BCUT2D eigenvalue weighted by Crippen LogP contribution is 2.43. The van der Waals surface area contributed by atoms with Crippen LogP contribution in [0.1, 0.15) is 39.2 Å². The van der Waals surface area contributed by atoms with Gasteiger partial charge in [-0.25, -0.2) is 12.4 Å². The summed E-state index contributed by atoms with van der Waals surface area (Å²) >= 11 is 0. The summed E-state index contributed by atoms with van der Waals surface area (Å²) in [5.74, 6) is 1.75. The molecule has 1 saturated heterocycles. The molecule has 0 amide bonds. The van der Waals surface area contributed by atoms with Crippen molar-refractivity contribution < 1.29 is 13.2 Å². The van der Waals surface area contributed by atoms with Crippen LogP contribution in [0.25, 0.3) is 10.9 Å². The van der Waals surface area contributed by atoms with Gasteiger partial charge >= 0.3 is 0 Å². The molecule has 3 aromatic rings. The van der Waals surface area contributed by atoms with E-state index in [4.69, 9.17) is 4.74 Å². The Balaban J connectivity index is 1.55. The van der Waals surface area contributed by atoms with Gasteiger partial charge in [0, 0.05) is 23.2 Å². The number of piperidine rings is 1. The third-order valence-corrected chi connectivity index (χ3v) is 9.42. The minimum atomic E-state index is -3.73. The van der Waals surface area contributed by atoms with Crippen LogP contribution >= 0.6 is 0 Å². The number of para-hydroxylation sites is 1. The third-order valence-electron chi connectivity index (χ3n) is 7.73. The van der Waals surface area contributed by atoms with E-state index in [1.165, 1.54) is 16.0 Å². The van der Waals surface area contributed by atoms with Crippen molar-refractivity contribution in [3.05, 3.63) is 71.9 Å². The number of aromatic nitrogens is 1. The summed E-state index contributed by atoms with van der Waals surface area (Å²) < 4.78 is 33.8. The second-order valence-electron chi connectivity index (χ2n) is 10.0. The number of nitrogens with zero attached hydrogens (tertiary/aromatic N) is 1. The Bertz CT molecular complexity index is 1320. The van der Waals surface area contributed by atoms with Gasteiger partial charge in [0.25, 0.3) is 10.0 Å². The molecule has 1 aromatic heterocycles. The molecule has 2 bridgehead atoms. The molecule has 174 valence electrons. The van der Waals surface area contributed by atoms with Crippen molar-refractivity contribution in [3.63, 3.8) is 0 Å². The zero-order chi connectivity index (χ0) is 23.4. The van der Waals surface area contributed by atoms with Gasteiger partial charge in [-0.15, -0.1) is 0 Å². The van der Waals surface area contributed by atoms with E-state index in [0.717, 1.165) is 23.8 Å². The molecule has 2 aromatic carbocycles. The van der Waals surface area contributed by atoms with Crippen molar-refractivity contribution in [2.75, 3.05) is 7.11 Å². The lowest BCUT2D eigenvalue weighted by Gasteiger charge is -2.50. The predicted molar refractivity (Wildman–Crippen MR) is 132 cm³/mol. The van der Waals surface area contributed by atoms with Crippen LogP contribution in [0.2, 0.25) is 0 Å². The summed E-state index contributed by atoms with van der Waals surface area (Å²) in [7, 11) is -2.16. The number of fused-ring (bicyclic) bond motifs is 3. The molecule has 1 aliphatic carbocycles. The molecule has 1 N–H and O–H groups in total. The molecule has 0 saturated carbocycles. The summed E-state index contributed by atoms with van der Waals surface area (Å²) in [4.78, 5) is 0.251. The molecule has 33 heavy (non-hydrogen) atoms. The molecule has 2 unspecified atom stereocenters. The second-order valence-corrected chi connectivity index (χ2v) is 11.9. The van der Waals surface area contributed by atoms with E-state index in [-0.39, 0.29) is 16.5 Å². The third kappa shape index (κ3) is 3.79. The molecule has 2 heterocycles. The lowest BCUT2D eigenvalue weighted by atomic mass is 9.66. The maximum Gasteiger partial charge on any atom is 0.268 e. The molecule has 5 rings (SSSR count). The average Bonchev–Trinajstić information content (AvgIpc) is 3.17. The number of nitrogens with one attached hydrogen (secondary N) is 1. The first-order valence-electron chi connectivity index (χ1n) is 11.6. The van der Waals surface area contributed by atoms with Gasteiger partial charge in [0.2, 0.25) is 0 Å². The lowest BCUT2D eigenvalue weighted by Crippen LogP contribution is -2.60. The monoisotopic (exact) mass is 464 g/mol. The van der Waals surface area contributed by atoms with E-state index in [1.807, 2.05) is 30.5 Å². The summed E-state index contributed by atoms with van der Waals surface area (Å²) in [5, 5.41) is 4.91. The van der Waals surface area contributed by atoms with Gasteiger partial charge in [-0.05, 0) is 87.8 Å². The van der Waals surface area contributed by atoms with Crippen molar-refractivity contribution in [3.8, 4) is 5.75 Å². The fourth-order valence-corrected chi connectivity index (χ4v) is 7.10. The maximum atomic E-state index is 13.6. The second kappa shape index (κ2) is 8.03. The van der Waals surface area contributed by atoms with Gasteiger partial charge < -0.3 is 10.1 Å². The molecule has 3 atom stereocenters. The number of hydrogen-bond acceptors (Lipinski definition) is 4. The molecule has 2 aliphatic rings. The molecule has 0 spiro atoms.